The Morgan fingerprint density at radius 2 is 0.809 bits per heavy atom. The summed E-state index contributed by atoms with van der Waals surface area (Å²) < 4.78 is 48.2. The van der Waals surface area contributed by atoms with Crippen LogP contribution in [0.25, 0.3) is 67.6 Å². The number of hydrogen-bond donors (Lipinski definition) is 3. The number of phenolic OH excluding ortho intramolecular Hbond substituents is 1. The summed E-state index contributed by atoms with van der Waals surface area (Å²) in [6.45, 7) is 25.9. The van der Waals surface area contributed by atoms with Gasteiger partial charge < -0.3 is 62.3 Å². The minimum Gasteiger partial charge on any atom is -0.507 e. The normalized spacial score (nSPS) is 16.5. The van der Waals surface area contributed by atoms with Crippen molar-refractivity contribution in [1.29, 1.82) is 0 Å². The summed E-state index contributed by atoms with van der Waals surface area (Å²) in [7, 11) is 6.19. The first-order chi connectivity index (χ1) is 51.8. The molecule has 3 aliphatic heterocycles. The highest BCUT2D eigenvalue weighted by atomic mass is 127. The molecule has 0 bridgehead atoms. The maximum atomic E-state index is 10.6. The van der Waals surface area contributed by atoms with E-state index in [2.05, 4.69) is 181 Å². The summed E-state index contributed by atoms with van der Waals surface area (Å²) in [5.74, 6) is 3.26. The molecule has 0 radical (unpaired) electrons. The van der Waals surface area contributed by atoms with Crippen molar-refractivity contribution in [2.75, 3.05) is 28.4 Å². The molecular formula is C78H91BBr2ClIN20O7. The molecule has 0 spiro atoms. The Hall–Kier alpha value is -9.22. The van der Waals surface area contributed by atoms with Crippen LogP contribution in [-0.4, -0.2) is 163 Å². The SMILES string of the molecule is CC1(C)CC(n2nnc3cc(-c4ccc(-n5ccnc5)cc4O)nnc32)CC(C)(C)N1.COc1cc(-n2ccnc2)ccc1-c1cc2nnn(C3CC(C)(C)NC(C)(C)C3)c2nn1.COc1cc(-n2ccnc2)ccc1B1OC(C)(C)C(C)(C)O1.COc1cc(-n2ccnc2)ccc1Br.COc1cc(I)ccc1Br.Cl. The van der Waals surface area contributed by atoms with Crippen molar-refractivity contribution in [1.82, 2.24) is 99.2 Å². The molecule has 576 valence electrons. The number of piperidine rings is 2. The van der Waals surface area contributed by atoms with Crippen molar-refractivity contribution in [2.45, 2.75) is 154 Å². The number of aromatic nitrogens is 18. The molecular weight excluding hydrogens is 1660 g/mol. The van der Waals surface area contributed by atoms with E-state index in [1.54, 1.807) is 84.6 Å². The number of benzene rings is 5. The monoisotopic (exact) mass is 1750 g/mol. The van der Waals surface area contributed by atoms with Crippen LogP contribution in [0, 0.1) is 3.57 Å². The summed E-state index contributed by atoms with van der Waals surface area (Å²) in [5.41, 5.74) is 9.38. The van der Waals surface area contributed by atoms with Gasteiger partial charge in [-0.3, -0.25) is 0 Å². The molecule has 3 saturated heterocycles. The predicted molar refractivity (Wildman–Crippen MR) is 443 cm³/mol. The van der Waals surface area contributed by atoms with E-state index in [0.717, 1.165) is 91.2 Å². The molecule has 3 fully saturated rings. The van der Waals surface area contributed by atoms with Crippen molar-refractivity contribution in [3.8, 4) is 74.0 Å². The number of aromatic hydroxyl groups is 1. The van der Waals surface area contributed by atoms with Crippen LogP contribution >= 0.6 is 66.9 Å². The van der Waals surface area contributed by atoms with Crippen molar-refractivity contribution in [2.24, 2.45) is 0 Å². The fraction of sp³-hybridized carbons (Fsp3) is 0.359. The van der Waals surface area contributed by atoms with Gasteiger partial charge in [-0.1, -0.05) is 16.5 Å². The number of rotatable bonds is 13. The van der Waals surface area contributed by atoms with Gasteiger partial charge in [-0.25, -0.2) is 29.3 Å². The van der Waals surface area contributed by atoms with E-state index in [1.807, 2.05) is 177 Å². The second kappa shape index (κ2) is 33.8. The summed E-state index contributed by atoms with van der Waals surface area (Å²) >= 11 is 9.01. The van der Waals surface area contributed by atoms with E-state index in [4.69, 9.17) is 28.3 Å². The molecule has 0 atom stereocenters. The number of imidazole rings is 4. The number of nitrogens with zero attached hydrogens (tertiary/aromatic N) is 18. The zero-order valence-corrected chi connectivity index (χ0v) is 70.4. The zero-order chi connectivity index (χ0) is 77.8. The Kier molecular flexibility index (Phi) is 25.1. The van der Waals surface area contributed by atoms with Gasteiger partial charge in [0.05, 0.1) is 120 Å². The summed E-state index contributed by atoms with van der Waals surface area (Å²) in [6, 6.07) is 33.3. The third-order valence-corrected chi connectivity index (χ3v) is 21.4. The molecule has 13 aromatic rings. The van der Waals surface area contributed by atoms with Gasteiger partial charge in [0.2, 0.25) is 11.3 Å². The highest BCUT2D eigenvalue weighted by molar-refractivity contribution is 14.1. The molecule has 11 heterocycles. The topological polar surface area (TPSA) is 284 Å². The largest absolute Gasteiger partial charge is 0.507 e. The quantitative estimate of drug-likeness (QED) is 0.0714. The molecule has 32 heteroatoms. The van der Waals surface area contributed by atoms with Gasteiger partial charge in [-0.15, -0.1) is 43.0 Å². The van der Waals surface area contributed by atoms with E-state index < -0.39 is 7.12 Å². The van der Waals surface area contributed by atoms with Gasteiger partial charge >= 0.3 is 7.12 Å². The molecule has 0 unspecified atom stereocenters. The van der Waals surface area contributed by atoms with Gasteiger partial charge in [0, 0.05) is 116 Å². The van der Waals surface area contributed by atoms with E-state index in [-0.39, 0.29) is 63.6 Å². The first-order valence-electron chi connectivity index (χ1n) is 35.4. The van der Waals surface area contributed by atoms with Crippen molar-refractivity contribution in [3.05, 3.63) is 191 Å². The third-order valence-electron chi connectivity index (χ3n) is 19.4. The van der Waals surface area contributed by atoms with Crippen LogP contribution in [0.5, 0.6) is 28.7 Å². The van der Waals surface area contributed by atoms with E-state index in [9.17, 15) is 5.11 Å². The molecule has 110 heavy (non-hydrogen) atoms. The molecule has 3 N–H and O–H groups in total. The van der Waals surface area contributed by atoms with Crippen LogP contribution < -0.4 is 35.0 Å². The zero-order valence-electron chi connectivity index (χ0n) is 64.3. The fourth-order valence-electron chi connectivity index (χ4n) is 14.2. The molecule has 0 saturated carbocycles. The third kappa shape index (κ3) is 19.0. The fourth-order valence-corrected chi connectivity index (χ4v) is 15.5. The minimum atomic E-state index is -0.434. The number of halogens is 4. The molecule has 8 aromatic heterocycles. The van der Waals surface area contributed by atoms with Crippen LogP contribution in [0.15, 0.2) is 187 Å². The maximum absolute atomic E-state index is 10.6. The molecule has 0 amide bonds. The lowest BCUT2D eigenvalue weighted by Crippen LogP contribution is -2.58. The van der Waals surface area contributed by atoms with Crippen LogP contribution in [0.3, 0.4) is 0 Å². The predicted octanol–water partition coefficient (Wildman–Crippen LogP) is 15.1. The van der Waals surface area contributed by atoms with E-state index in [1.165, 1.54) is 3.57 Å². The lowest BCUT2D eigenvalue weighted by molar-refractivity contribution is 0.00578. The lowest BCUT2D eigenvalue weighted by atomic mass is 9.78. The second-order valence-electron chi connectivity index (χ2n) is 30.4. The number of ether oxygens (including phenoxy) is 4. The van der Waals surface area contributed by atoms with Crippen LogP contribution in [0.2, 0.25) is 0 Å². The summed E-state index contributed by atoms with van der Waals surface area (Å²) in [5, 5.41) is 53.5. The van der Waals surface area contributed by atoms with Crippen molar-refractivity contribution in [3.63, 3.8) is 0 Å². The number of nitrogens with one attached hydrogen (secondary N) is 2. The molecule has 3 aliphatic rings. The van der Waals surface area contributed by atoms with Gasteiger partial charge in [0.25, 0.3) is 0 Å². The van der Waals surface area contributed by atoms with Crippen LogP contribution in [0.1, 0.15) is 121 Å². The highest BCUT2D eigenvalue weighted by Gasteiger charge is 2.52. The van der Waals surface area contributed by atoms with Crippen molar-refractivity contribution >= 4 is 102 Å². The van der Waals surface area contributed by atoms with Crippen LogP contribution in [0.4, 0.5) is 0 Å². The lowest BCUT2D eigenvalue weighted by Gasteiger charge is -2.46. The highest BCUT2D eigenvalue weighted by Crippen LogP contribution is 2.42. The summed E-state index contributed by atoms with van der Waals surface area (Å²) in [6.07, 6.45) is 25.1. The Morgan fingerprint density at radius 3 is 1.21 bits per heavy atom. The van der Waals surface area contributed by atoms with Crippen molar-refractivity contribution < 1.29 is 33.4 Å². The average Bonchev–Trinajstić information content (AvgIpc) is 1.58. The number of fused-ring (bicyclic) bond motifs is 2. The summed E-state index contributed by atoms with van der Waals surface area (Å²) in [4.78, 5) is 16.2. The van der Waals surface area contributed by atoms with E-state index >= 15 is 0 Å². The van der Waals surface area contributed by atoms with Gasteiger partial charge in [0.15, 0.2) is 0 Å². The molecule has 16 rings (SSSR count). The molecule has 0 aliphatic carbocycles. The Morgan fingerprint density at radius 1 is 0.445 bits per heavy atom. The Bertz CT molecular complexity index is 5210. The number of phenols is 1. The number of hydrogen-bond acceptors (Lipinski definition) is 21. The maximum Gasteiger partial charge on any atom is 0.498 e. The Balaban J connectivity index is 0.000000143. The van der Waals surface area contributed by atoms with Gasteiger partial charge in [-0.2, -0.15) is 0 Å². The van der Waals surface area contributed by atoms with Gasteiger partial charge in [0.1, 0.15) is 39.8 Å². The first kappa shape index (κ1) is 81.8. The Labute approximate surface area is 676 Å². The minimum absolute atomic E-state index is 0. The molecule has 27 nitrogen and oxygen atoms in total. The van der Waals surface area contributed by atoms with E-state index in [0.29, 0.717) is 39.5 Å². The average molecular weight is 1750 g/mol. The first-order valence-corrected chi connectivity index (χ1v) is 38.1. The van der Waals surface area contributed by atoms with Crippen LogP contribution in [-0.2, 0) is 9.31 Å². The molecule has 5 aromatic carbocycles. The number of methoxy groups -OCH3 is 4. The van der Waals surface area contributed by atoms with Gasteiger partial charge in [-0.05, 0) is 236 Å². The second-order valence-corrected chi connectivity index (χ2v) is 33.4. The smallest absolute Gasteiger partial charge is 0.498 e. The standard InChI is InChI=1S/C23H28N8O.C22H26N8O.C16H21BN2O3.C10H9BrN2O.C7H6BrIO.ClH/c1-22(2)12-16(13-23(3,4)28-22)31-21-19(26-29-31)11-18(25-27-21)17-7-6-15(10-20(17)32-5)30-9-8-24-14-30;1-21(2)11-15(12-22(3,4)27-21)30-20-18(25-28-30)10-17(24-26-20)16-6-5-14(9-19(16)31)29-8-7-23-13-29;1-15(2)16(3,4)22-17(21-15)13-7-6-12(10-14(13)20-5)19-9-8-18-11-19;1-14-10-6-8(2-3-9(10)11)13-5-4-12-7-13;1-10-7-4-5(9)2-3-6(7)8;/h6-11,14,16,28H,12-13H2,1-5H3;5-10,13,15,27,31H,11-12H2,1-4H3;6-11H,1-5H3;2-7H,1H3;2-4H,1H3;1H.